The Kier molecular flexibility index (Phi) is 10.7. The molecule has 0 spiro atoms. The molecule has 0 saturated carbocycles. The number of carbonyl (C=O) groups excluding carboxylic acids is 1. The number of ether oxygens (including phenoxy) is 1. The maximum atomic E-state index is 11.4. The zero-order valence-corrected chi connectivity index (χ0v) is 24.5. The van der Waals surface area contributed by atoms with Gasteiger partial charge in [0.15, 0.2) is 0 Å². The predicted octanol–water partition coefficient (Wildman–Crippen LogP) is 3.70. The lowest BCUT2D eigenvalue weighted by Crippen LogP contribution is -2.45. The number of anilines is 2. The van der Waals surface area contributed by atoms with Crippen molar-refractivity contribution in [1.29, 1.82) is 0 Å². The molecule has 2 aromatic carbocycles. The number of carboxylic acids is 1. The molecule has 0 bridgehead atoms. The van der Waals surface area contributed by atoms with Gasteiger partial charge < -0.3 is 30.7 Å². The maximum Gasteiger partial charge on any atom is 0.412 e. The molecule has 0 aromatic heterocycles. The predicted molar refractivity (Wildman–Crippen MR) is 158 cm³/mol. The lowest BCUT2D eigenvalue weighted by atomic mass is 9.81. The van der Waals surface area contributed by atoms with E-state index in [4.69, 9.17) is 38.8 Å². The highest BCUT2D eigenvalue weighted by molar-refractivity contribution is 6.18. The van der Waals surface area contributed by atoms with E-state index in [2.05, 4.69) is 41.0 Å². The van der Waals surface area contributed by atoms with E-state index in [0.717, 1.165) is 37.3 Å². The molecule has 0 aliphatic carbocycles. The van der Waals surface area contributed by atoms with Crippen molar-refractivity contribution in [2.75, 3.05) is 62.3 Å². The van der Waals surface area contributed by atoms with Crippen LogP contribution >= 0.6 is 23.2 Å². The van der Waals surface area contributed by atoms with Crippen LogP contribution in [0.5, 0.6) is 5.75 Å². The lowest BCUT2D eigenvalue weighted by Gasteiger charge is -2.32. The van der Waals surface area contributed by atoms with Crippen LogP contribution in [0, 0.1) is 0 Å². The number of hydrogen-bond donors (Lipinski definition) is 3. The van der Waals surface area contributed by atoms with Gasteiger partial charge in [0.2, 0.25) is 0 Å². The maximum absolute atomic E-state index is 11.4. The first-order valence-corrected chi connectivity index (χ1v) is 14.0. The number of carboxylic acid groups (broad SMARTS) is 1. The van der Waals surface area contributed by atoms with Crippen LogP contribution in [0.15, 0.2) is 42.5 Å². The Bertz CT molecular complexity index is 1130. The summed E-state index contributed by atoms with van der Waals surface area (Å²) >= 11 is 11.5. The summed E-state index contributed by atoms with van der Waals surface area (Å²) in [6.45, 7) is 4.84. The number of aliphatic carboxylic acids is 1. The van der Waals surface area contributed by atoms with E-state index in [1.165, 1.54) is 11.3 Å². The Morgan fingerprint density at radius 1 is 1.18 bits per heavy atom. The second-order valence-electron chi connectivity index (χ2n) is 10.1. The molecule has 2 aromatic rings. The average Bonchev–Trinajstić information content (AvgIpc) is 3.34. The largest absolute Gasteiger partial charge is 0.480 e. The minimum Gasteiger partial charge on any atom is -0.480 e. The van der Waals surface area contributed by atoms with Gasteiger partial charge in [-0.25, -0.2) is 4.79 Å². The lowest BCUT2D eigenvalue weighted by molar-refractivity contribution is -0.138. The smallest absolute Gasteiger partial charge is 0.412 e. The van der Waals surface area contributed by atoms with E-state index in [1.54, 1.807) is 7.05 Å². The molecule has 3 atom stereocenters. The Morgan fingerprint density at radius 2 is 1.82 bits per heavy atom. The van der Waals surface area contributed by atoms with Crippen LogP contribution < -0.4 is 25.6 Å². The molecule has 11 heteroatoms. The number of fused-ring (bicyclic) bond motifs is 3. The standard InChI is InChI=1S/C15H21N3O2.C13H18Cl2N2O2/c1-15-7-8-17(3)13(15)18(4)12-6-5-10(9-11(12)15)20-14(19)16-2;14-5-7-17(8-6-15)11-3-1-10(2-4-11)9-12(16)13(18)19/h5-6,9,13H,7-8H2,1-4H3,(H,16,19);1-4,12H,5-9,16H2,(H,18,19)/t13-,15+;12-/m10/s1. The molecule has 1 amide bonds. The summed E-state index contributed by atoms with van der Waals surface area (Å²) in [5.41, 5.74) is 10.0. The molecule has 2 heterocycles. The van der Waals surface area contributed by atoms with Crippen molar-refractivity contribution in [2.24, 2.45) is 5.73 Å². The Balaban J connectivity index is 0.000000216. The monoisotopic (exact) mass is 579 g/mol. The first-order chi connectivity index (χ1) is 18.5. The Hall–Kier alpha value is -2.72. The van der Waals surface area contributed by atoms with Crippen molar-refractivity contribution in [3.8, 4) is 5.75 Å². The third kappa shape index (κ3) is 7.08. The number of halogens is 2. The van der Waals surface area contributed by atoms with Crippen LogP contribution in [-0.2, 0) is 16.6 Å². The van der Waals surface area contributed by atoms with Crippen molar-refractivity contribution < 1.29 is 19.4 Å². The van der Waals surface area contributed by atoms with Crippen LogP contribution in [0.25, 0.3) is 0 Å². The zero-order chi connectivity index (χ0) is 28.7. The first kappa shape index (κ1) is 30.8. The number of carbonyl (C=O) groups is 2. The summed E-state index contributed by atoms with van der Waals surface area (Å²) < 4.78 is 5.26. The van der Waals surface area contributed by atoms with Crippen molar-refractivity contribution in [3.05, 3.63) is 53.6 Å². The molecule has 1 fully saturated rings. The van der Waals surface area contributed by atoms with E-state index in [0.29, 0.717) is 30.1 Å². The molecule has 214 valence electrons. The van der Waals surface area contributed by atoms with Gasteiger partial charge in [-0.3, -0.25) is 9.69 Å². The topological polar surface area (TPSA) is 111 Å². The summed E-state index contributed by atoms with van der Waals surface area (Å²) in [5.74, 6) is 0.674. The summed E-state index contributed by atoms with van der Waals surface area (Å²) in [5, 5.41) is 11.2. The normalized spacial score (nSPS) is 20.4. The van der Waals surface area contributed by atoms with Gasteiger partial charge in [-0.2, -0.15) is 0 Å². The van der Waals surface area contributed by atoms with E-state index in [1.807, 2.05) is 42.5 Å². The Labute approximate surface area is 240 Å². The third-order valence-corrected chi connectivity index (χ3v) is 7.84. The molecule has 2 aliphatic heterocycles. The number of likely N-dealkylation sites (tertiary alicyclic amines) is 1. The highest BCUT2D eigenvalue weighted by Gasteiger charge is 2.52. The highest BCUT2D eigenvalue weighted by Crippen LogP contribution is 2.51. The van der Waals surface area contributed by atoms with E-state index in [-0.39, 0.29) is 5.41 Å². The van der Waals surface area contributed by atoms with Crippen LogP contribution in [0.3, 0.4) is 0 Å². The van der Waals surface area contributed by atoms with Crippen molar-refractivity contribution in [3.63, 3.8) is 0 Å². The Morgan fingerprint density at radius 3 is 2.38 bits per heavy atom. The number of nitrogens with zero attached hydrogens (tertiary/aromatic N) is 3. The second kappa shape index (κ2) is 13.6. The molecule has 39 heavy (non-hydrogen) atoms. The van der Waals surface area contributed by atoms with Gasteiger partial charge in [-0.05, 0) is 61.3 Å². The average molecular weight is 581 g/mol. The van der Waals surface area contributed by atoms with Crippen LogP contribution in [0.4, 0.5) is 16.2 Å². The molecule has 9 nitrogen and oxygen atoms in total. The molecule has 2 aliphatic rings. The number of alkyl halides is 2. The van der Waals surface area contributed by atoms with Crippen LogP contribution in [0.1, 0.15) is 24.5 Å². The molecular formula is C28H39Cl2N5O4. The van der Waals surface area contributed by atoms with Crippen molar-refractivity contribution in [2.45, 2.75) is 37.4 Å². The van der Waals surface area contributed by atoms with Crippen molar-refractivity contribution in [1.82, 2.24) is 10.2 Å². The SMILES string of the molecule is CNC(=O)Oc1ccc2c(c1)[C@]1(C)CCN(C)[C@@H]1N2C.N[C@@H](Cc1ccc(N(CCCl)CCCl)cc1)C(=O)O. The number of hydrogen-bond acceptors (Lipinski definition) is 7. The number of benzene rings is 2. The minimum absolute atomic E-state index is 0.0981. The fourth-order valence-corrected chi connectivity index (χ4v) is 5.94. The van der Waals surface area contributed by atoms with Gasteiger partial charge >= 0.3 is 12.1 Å². The third-order valence-electron chi connectivity index (χ3n) is 7.50. The van der Waals surface area contributed by atoms with Crippen molar-refractivity contribution >= 4 is 46.6 Å². The van der Waals surface area contributed by atoms with Gasteiger partial charge in [0.1, 0.15) is 11.8 Å². The first-order valence-electron chi connectivity index (χ1n) is 13.0. The fraction of sp³-hybridized carbons (Fsp3) is 0.500. The van der Waals surface area contributed by atoms with Gasteiger partial charge in [0, 0.05) is 62.3 Å². The van der Waals surface area contributed by atoms with Gasteiger partial charge in [0.25, 0.3) is 0 Å². The molecule has 0 unspecified atom stereocenters. The summed E-state index contributed by atoms with van der Waals surface area (Å²) in [7, 11) is 5.86. The number of rotatable bonds is 9. The summed E-state index contributed by atoms with van der Waals surface area (Å²) in [6.07, 6.45) is 1.39. The number of nitrogens with two attached hydrogens (primary N) is 1. The molecule has 4 N–H and O–H groups in total. The van der Waals surface area contributed by atoms with E-state index in [9.17, 15) is 9.59 Å². The second-order valence-corrected chi connectivity index (χ2v) is 10.9. The number of nitrogens with one attached hydrogen (secondary N) is 1. The summed E-state index contributed by atoms with van der Waals surface area (Å²) in [6, 6.07) is 12.7. The van der Waals surface area contributed by atoms with Crippen LogP contribution in [-0.4, -0.2) is 86.8 Å². The van der Waals surface area contributed by atoms with E-state index < -0.39 is 18.1 Å². The molecule has 0 radical (unpaired) electrons. The minimum atomic E-state index is -0.991. The number of likely N-dealkylation sites (N-methyl/N-ethyl adjacent to an activating group) is 2. The highest BCUT2D eigenvalue weighted by atomic mass is 35.5. The van der Waals surface area contributed by atoms with Gasteiger partial charge in [0.05, 0.1) is 6.17 Å². The quantitative estimate of drug-likeness (QED) is 0.385. The molecule has 1 saturated heterocycles. The summed E-state index contributed by atoms with van der Waals surface area (Å²) in [4.78, 5) is 28.8. The van der Waals surface area contributed by atoms with E-state index >= 15 is 0 Å². The van der Waals surface area contributed by atoms with Crippen LogP contribution in [0.2, 0.25) is 0 Å². The fourth-order valence-electron chi connectivity index (χ4n) is 5.53. The van der Waals surface area contributed by atoms with Gasteiger partial charge in [-0.1, -0.05) is 19.1 Å². The number of amides is 1. The van der Waals surface area contributed by atoms with Gasteiger partial charge in [-0.15, -0.1) is 23.2 Å². The zero-order valence-electron chi connectivity index (χ0n) is 23.0. The molecule has 4 rings (SSSR count). The molecular weight excluding hydrogens is 541 g/mol.